The molecular weight excluding hydrogens is 360 g/mol. The molecule has 0 atom stereocenters. The predicted molar refractivity (Wildman–Crippen MR) is 91.0 cm³/mol. The maximum atomic E-state index is 12.2. The number of nitrogens with zero attached hydrogens (tertiary/aromatic N) is 3. The van der Waals surface area contributed by atoms with Crippen LogP contribution in [0.1, 0.15) is 18.4 Å². The van der Waals surface area contributed by atoms with Crippen molar-refractivity contribution in [2.24, 2.45) is 11.7 Å². The molecule has 1 aliphatic carbocycles. The number of rotatable bonds is 7. The minimum absolute atomic E-state index is 0.0132. The average molecular weight is 378 g/mol. The van der Waals surface area contributed by atoms with Crippen molar-refractivity contribution in [1.82, 2.24) is 19.7 Å². The fraction of sp³-hybridized carbons (Fsp3) is 0.333. The summed E-state index contributed by atoms with van der Waals surface area (Å²) in [5.74, 6) is -0.683. The average Bonchev–Trinajstić information content (AvgIpc) is 3.37. The Labute approximate surface area is 149 Å². The molecule has 3 rings (SSSR count). The van der Waals surface area contributed by atoms with E-state index in [1.807, 2.05) is 4.72 Å². The highest BCUT2D eigenvalue weighted by molar-refractivity contribution is 7.90. The van der Waals surface area contributed by atoms with E-state index in [1.165, 1.54) is 18.3 Å². The second-order valence-corrected chi connectivity index (χ2v) is 7.62. The van der Waals surface area contributed by atoms with Crippen LogP contribution in [0, 0.1) is 5.92 Å². The van der Waals surface area contributed by atoms with Crippen LogP contribution >= 0.6 is 0 Å². The van der Waals surface area contributed by atoms with Crippen molar-refractivity contribution < 1.29 is 18.0 Å². The molecule has 1 fully saturated rings. The van der Waals surface area contributed by atoms with E-state index >= 15 is 0 Å². The highest BCUT2D eigenvalue weighted by atomic mass is 32.2. The van der Waals surface area contributed by atoms with Crippen LogP contribution in [0.25, 0.3) is 0 Å². The van der Waals surface area contributed by atoms with Crippen LogP contribution in [0.3, 0.4) is 0 Å². The van der Waals surface area contributed by atoms with Crippen LogP contribution in [0.2, 0.25) is 0 Å². The topological polar surface area (TPSA) is 149 Å². The van der Waals surface area contributed by atoms with Crippen LogP contribution in [0.15, 0.2) is 35.4 Å². The van der Waals surface area contributed by atoms with E-state index in [0.29, 0.717) is 6.54 Å². The number of anilines is 1. The molecule has 10 nitrogen and oxygen atoms in total. The molecule has 26 heavy (non-hydrogen) atoms. The van der Waals surface area contributed by atoms with Gasteiger partial charge in [0.15, 0.2) is 5.82 Å². The molecule has 2 aromatic rings. The SMILES string of the molecule is NCc1ccc(S(=O)(=O)NC(=O)Cn2cc(NC(=O)C3CC3)nn2)cc1. The smallest absolute Gasteiger partial charge is 0.264 e. The first kappa shape index (κ1) is 18.0. The molecule has 4 N–H and O–H groups in total. The number of benzene rings is 1. The van der Waals surface area contributed by atoms with Crippen LogP contribution in [0.4, 0.5) is 5.82 Å². The van der Waals surface area contributed by atoms with E-state index in [-0.39, 0.29) is 29.1 Å². The lowest BCUT2D eigenvalue weighted by Gasteiger charge is -2.07. The van der Waals surface area contributed by atoms with Crippen molar-refractivity contribution in [3.63, 3.8) is 0 Å². The number of hydrogen-bond acceptors (Lipinski definition) is 7. The van der Waals surface area contributed by atoms with Crippen LogP contribution in [-0.4, -0.2) is 35.2 Å². The van der Waals surface area contributed by atoms with Gasteiger partial charge in [-0.1, -0.05) is 17.3 Å². The Morgan fingerprint density at radius 3 is 2.54 bits per heavy atom. The summed E-state index contributed by atoms with van der Waals surface area (Å²) in [5.41, 5.74) is 6.24. The summed E-state index contributed by atoms with van der Waals surface area (Å²) in [6, 6.07) is 5.90. The fourth-order valence-electron chi connectivity index (χ4n) is 2.20. The second-order valence-electron chi connectivity index (χ2n) is 5.94. The van der Waals surface area contributed by atoms with Gasteiger partial charge in [-0.05, 0) is 30.5 Å². The van der Waals surface area contributed by atoms with Gasteiger partial charge in [0, 0.05) is 12.5 Å². The van der Waals surface area contributed by atoms with Gasteiger partial charge >= 0.3 is 0 Å². The number of sulfonamides is 1. The number of nitrogens with two attached hydrogens (primary N) is 1. The molecule has 138 valence electrons. The normalized spacial score (nSPS) is 14.0. The van der Waals surface area contributed by atoms with Crippen molar-refractivity contribution in [1.29, 1.82) is 0 Å². The Hall–Kier alpha value is -2.79. The maximum Gasteiger partial charge on any atom is 0.264 e. The molecular formula is C15H18N6O4S. The number of nitrogens with one attached hydrogen (secondary N) is 2. The van der Waals surface area contributed by atoms with Gasteiger partial charge in [0.25, 0.3) is 15.9 Å². The van der Waals surface area contributed by atoms with E-state index in [2.05, 4.69) is 15.6 Å². The van der Waals surface area contributed by atoms with Gasteiger partial charge in [-0.2, -0.15) is 0 Å². The minimum atomic E-state index is -3.99. The molecule has 0 aliphatic heterocycles. The number of aromatic nitrogens is 3. The molecule has 1 aliphatic rings. The molecule has 1 saturated carbocycles. The van der Waals surface area contributed by atoms with Crippen molar-refractivity contribution in [3.05, 3.63) is 36.0 Å². The number of carbonyl (C=O) groups is 2. The number of hydrogen-bond donors (Lipinski definition) is 3. The summed E-state index contributed by atoms with van der Waals surface area (Å²) in [6.07, 6.45) is 3.07. The minimum Gasteiger partial charge on any atom is -0.326 e. The summed E-state index contributed by atoms with van der Waals surface area (Å²) in [7, 11) is -3.99. The third kappa shape index (κ3) is 4.43. The molecule has 0 saturated heterocycles. The Bertz CT molecular complexity index is 918. The largest absolute Gasteiger partial charge is 0.326 e. The van der Waals surface area contributed by atoms with E-state index in [0.717, 1.165) is 23.1 Å². The third-order valence-electron chi connectivity index (χ3n) is 3.76. The Balaban J connectivity index is 1.59. The van der Waals surface area contributed by atoms with Crippen molar-refractivity contribution in [3.8, 4) is 0 Å². The van der Waals surface area contributed by atoms with Gasteiger partial charge in [-0.15, -0.1) is 5.10 Å². The molecule has 0 bridgehead atoms. The summed E-state index contributed by atoms with van der Waals surface area (Å²) in [6.45, 7) is -0.0645. The van der Waals surface area contributed by atoms with Crippen molar-refractivity contribution >= 4 is 27.7 Å². The lowest BCUT2D eigenvalue weighted by atomic mass is 10.2. The van der Waals surface area contributed by atoms with Gasteiger partial charge in [0.05, 0.1) is 11.1 Å². The van der Waals surface area contributed by atoms with Crippen molar-refractivity contribution in [2.45, 2.75) is 30.8 Å². The van der Waals surface area contributed by atoms with E-state index in [4.69, 9.17) is 5.73 Å². The van der Waals surface area contributed by atoms with Crippen LogP contribution in [-0.2, 0) is 32.7 Å². The molecule has 11 heteroatoms. The molecule has 1 aromatic heterocycles. The highest BCUT2D eigenvalue weighted by Crippen LogP contribution is 2.29. The molecule has 0 radical (unpaired) electrons. The Kier molecular flexibility index (Phi) is 5.00. The van der Waals surface area contributed by atoms with Gasteiger partial charge in [0.1, 0.15) is 6.54 Å². The highest BCUT2D eigenvalue weighted by Gasteiger charge is 2.30. The predicted octanol–water partition coefficient (Wildman–Crippen LogP) is -0.410. The lowest BCUT2D eigenvalue weighted by molar-refractivity contribution is -0.120. The zero-order valence-corrected chi connectivity index (χ0v) is 14.6. The number of amides is 2. The fourth-order valence-corrected chi connectivity index (χ4v) is 3.18. The van der Waals surface area contributed by atoms with Gasteiger partial charge in [0.2, 0.25) is 5.91 Å². The molecule has 0 spiro atoms. The monoisotopic (exact) mass is 378 g/mol. The van der Waals surface area contributed by atoms with Gasteiger partial charge in [-0.3, -0.25) is 9.59 Å². The number of carbonyl (C=O) groups excluding carboxylic acids is 2. The van der Waals surface area contributed by atoms with Crippen molar-refractivity contribution in [2.75, 3.05) is 5.32 Å². The summed E-state index contributed by atoms with van der Waals surface area (Å²) in [5, 5.41) is 10.0. The van der Waals surface area contributed by atoms with E-state index in [1.54, 1.807) is 12.1 Å². The first-order chi connectivity index (χ1) is 12.4. The van der Waals surface area contributed by atoms with Crippen LogP contribution < -0.4 is 15.8 Å². The quantitative estimate of drug-likeness (QED) is 0.593. The Morgan fingerprint density at radius 2 is 1.92 bits per heavy atom. The summed E-state index contributed by atoms with van der Waals surface area (Å²) >= 11 is 0. The zero-order valence-electron chi connectivity index (χ0n) is 13.8. The lowest BCUT2D eigenvalue weighted by Crippen LogP contribution is -2.33. The summed E-state index contributed by atoms with van der Waals surface area (Å²) < 4.78 is 27.5. The van der Waals surface area contributed by atoms with Crippen LogP contribution in [0.5, 0.6) is 0 Å². The van der Waals surface area contributed by atoms with Gasteiger partial charge in [-0.25, -0.2) is 17.8 Å². The molecule has 1 heterocycles. The van der Waals surface area contributed by atoms with Gasteiger partial charge < -0.3 is 11.1 Å². The zero-order chi connectivity index (χ0) is 18.7. The second kappa shape index (κ2) is 7.22. The maximum absolute atomic E-state index is 12.2. The standard InChI is InChI=1S/C15H18N6O4S/c16-7-10-1-5-12(6-2-10)26(24,25)19-14(22)9-21-8-13(18-20-21)17-15(23)11-3-4-11/h1-2,5-6,8,11H,3-4,7,9,16H2,(H,17,23)(H,19,22). The third-order valence-corrected chi connectivity index (χ3v) is 5.15. The molecule has 0 unspecified atom stereocenters. The molecule has 1 aromatic carbocycles. The Morgan fingerprint density at radius 1 is 1.23 bits per heavy atom. The first-order valence-corrected chi connectivity index (χ1v) is 9.41. The van der Waals surface area contributed by atoms with E-state index < -0.39 is 15.9 Å². The first-order valence-electron chi connectivity index (χ1n) is 7.93. The molecule has 2 amide bonds. The summed E-state index contributed by atoms with van der Waals surface area (Å²) in [4.78, 5) is 23.6. The van der Waals surface area contributed by atoms with E-state index in [9.17, 15) is 18.0 Å².